The summed E-state index contributed by atoms with van der Waals surface area (Å²) in [5.74, 6) is 0.930. The van der Waals surface area contributed by atoms with Crippen LogP contribution in [0.1, 0.15) is 83.5 Å². The molecule has 1 saturated heterocycles. The van der Waals surface area contributed by atoms with Crippen molar-refractivity contribution in [3.63, 3.8) is 0 Å². The number of hydrogen-bond acceptors (Lipinski definition) is 3. The Morgan fingerprint density at radius 3 is 2.00 bits per heavy atom. The number of carbonyl (C=O) groups excluding carboxylic acids is 1. The summed E-state index contributed by atoms with van der Waals surface area (Å²) in [6, 6.07) is 0.388. The first kappa shape index (κ1) is 16.9. The van der Waals surface area contributed by atoms with Gasteiger partial charge < -0.3 is 5.32 Å². The van der Waals surface area contributed by atoms with Crippen LogP contribution in [0.4, 0.5) is 0 Å². The highest BCUT2D eigenvalue weighted by molar-refractivity contribution is 5.93. The predicted molar refractivity (Wildman–Crippen MR) is 94.4 cm³/mol. The second-order valence-electron chi connectivity index (χ2n) is 7.69. The molecule has 0 spiro atoms. The summed E-state index contributed by atoms with van der Waals surface area (Å²) in [5, 5.41) is 8.34. The first-order chi connectivity index (χ1) is 11.3. The summed E-state index contributed by atoms with van der Waals surface area (Å²) in [6.45, 7) is 1.09. The summed E-state index contributed by atoms with van der Waals surface area (Å²) in [4.78, 5) is 12.4. The van der Waals surface area contributed by atoms with Gasteiger partial charge in [0.05, 0.1) is 5.71 Å². The van der Waals surface area contributed by atoms with E-state index in [0.29, 0.717) is 12.0 Å². The molecule has 0 radical (unpaired) electrons. The minimum absolute atomic E-state index is 0.161. The molecule has 2 saturated carbocycles. The van der Waals surface area contributed by atoms with E-state index in [4.69, 9.17) is 5.10 Å². The number of piperidine rings is 1. The lowest BCUT2D eigenvalue weighted by atomic mass is 9.81. The Bertz CT molecular complexity index is 383. The number of hydrogen-bond donors (Lipinski definition) is 2. The van der Waals surface area contributed by atoms with E-state index < -0.39 is 0 Å². The normalized spacial score (nSPS) is 28.5. The van der Waals surface area contributed by atoms with Crippen molar-refractivity contribution < 1.29 is 4.79 Å². The number of carbonyl (C=O) groups is 1. The van der Waals surface area contributed by atoms with E-state index in [9.17, 15) is 4.79 Å². The summed E-state index contributed by atoms with van der Waals surface area (Å²) in [5.41, 5.74) is 4.20. The van der Waals surface area contributed by atoms with E-state index in [0.717, 1.165) is 19.4 Å². The van der Waals surface area contributed by atoms with E-state index >= 15 is 0 Å². The molecule has 3 rings (SSSR count). The fourth-order valence-corrected chi connectivity index (χ4v) is 4.53. The van der Waals surface area contributed by atoms with Gasteiger partial charge in [-0.2, -0.15) is 5.10 Å². The van der Waals surface area contributed by atoms with E-state index in [1.165, 1.54) is 76.3 Å². The molecule has 130 valence electrons. The number of hydrazone groups is 1. The van der Waals surface area contributed by atoms with Crippen LogP contribution in [0.5, 0.6) is 0 Å². The van der Waals surface area contributed by atoms with Gasteiger partial charge in [0.15, 0.2) is 0 Å². The lowest BCUT2D eigenvalue weighted by Crippen LogP contribution is -2.45. The van der Waals surface area contributed by atoms with Gasteiger partial charge in [-0.25, -0.2) is 5.43 Å². The van der Waals surface area contributed by atoms with Crippen molar-refractivity contribution in [2.75, 3.05) is 6.54 Å². The van der Waals surface area contributed by atoms with Gasteiger partial charge in [-0.05, 0) is 45.1 Å². The summed E-state index contributed by atoms with van der Waals surface area (Å²) in [7, 11) is 0. The van der Waals surface area contributed by atoms with E-state index in [1.807, 2.05) is 0 Å². The van der Waals surface area contributed by atoms with E-state index in [-0.39, 0.29) is 11.8 Å². The Balaban J connectivity index is 1.64. The molecule has 3 fully saturated rings. The van der Waals surface area contributed by atoms with Crippen molar-refractivity contribution in [2.45, 2.75) is 89.5 Å². The van der Waals surface area contributed by atoms with Crippen molar-refractivity contribution in [2.24, 2.45) is 16.9 Å². The molecule has 1 aliphatic heterocycles. The first-order valence-corrected chi connectivity index (χ1v) is 9.95. The molecule has 1 amide bonds. The Hall–Kier alpha value is -0.900. The van der Waals surface area contributed by atoms with E-state index in [1.54, 1.807) is 0 Å². The third-order valence-electron chi connectivity index (χ3n) is 5.96. The Kier molecular flexibility index (Phi) is 6.49. The molecule has 1 atom stereocenters. The molecular weight excluding hydrogens is 286 g/mol. The van der Waals surface area contributed by atoms with Crippen LogP contribution < -0.4 is 10.7 Å². The van der Waals surface area contributed by atoms with Crippen molar-refractivity contribution in [3.05, 3.63) is 0 Å². The highest BCUT2D eigenvalue weighted by Gasteiger charge is 2.28. The molecule has 4 nitrogen and oxygen atoms in total. The topological polar surface area (TPSA) is 53.5 Å². The maximum atomic E-state index is 12.4. The average molecular weight is 319 g/mol. The molecule has 0 bridgehead atoms. The number of nitrogens with zero attached hydrogens (tertiary/aromatic N) is 1. The molecule has 1 unspecified atom stereocenters. The zero-order chi connectivity index (χ0) is 15.9. The van der Waals surface area contributed by atoms with Crippen molar-refractivity contribution in [1.82, 2.24) is 10.7 Å². The Morgan fingerprint density at radius 2 is 1.39 bits per heavy atom. The maximum absolute atomic E-state index is 12.4. The van der Waals surface area contributed by atoms with Crippen LogP contribution >= 0.6 is 0 Å². The largest absolute Gasteiger partial charge is 0.309 e. The SMILES string of the molecule is O=C(N/N=C(/C1CCCCC1)C1CCCCN1)C1CCCCC1. The zero-order valence-corrected chi connectivity index (χ0v) is 14.5. The van der Waals surface area contributed by atoms with Crippen LogP contribution in [0.25, 0.3) is 0 Å². The van der Waals surface area contributed by atoms with Gasteiger partial charge in [-0.1, -0.05) is 44.9 Å². The van der Waals surface area contributed by atoms with Gasteiger partial charge in [0.25, 0.3) is 0 Å². The van der Waals surface area contributed by atoms with Crippen molar-refractivity contribution in [1.29, 1.82) is 0 Å². The van der Waals surface area contributed by atoms with Crippen LogP contribution in [0.15, 0.2) is 5.10 Å². The second-order valence-corrected chi connectivity index (χ2v) is 7.69. The van der Waals surface area contributed by atoms with Gasteiger partial charge in [0.2, 0.25) is 5.91 Å². The van der Waals surface area contributed by atoms with E-state index in [2.05, 4.69) is 10.7 Å². The number of amides is 1. The van der Waals surface area contributed by atoms with Gasteiger partial charge in [0, 0.05) is 17.9 Å². The Labute approximate surface area is 140 Å². The summed E-state index contributed by atoms with van der Waals surface area (Å²) >= 11 is 0. The summed E-state index contributed by atoms with van der Waals surface area (Å²) in [6.07, 6.45) is 16.0. The molecule has 2 aliphatic carbocycles. The summed E-state index contributed by atoms with van der Waals surface area (Å²) < 4.78 is 0. The fourth-order valence-electron chi connectivity index (χ4n) is 4.53. The molecule has 4 heteroatoms. The van der Waals surface area contributed by atoms with Crippen LogP contribution in [-0.2, 0) is 4.79 Å². The van der Waals surface area contributed by atoms with Gasteiger partial charge in [-0.3, -0.25) is 4.79 Å². The molecule has 2 N–H and O–H groups in total. The molecule has 1 heterocycles. The molecule has 23 heavy (non-hydrogen) atoms. The second kappa shape index (κ2) is 8.81. The standard InChI is InChI=1S/C19H33N3O/c23-19(16-11-5-2-6-12-16)22-21-18(15-9-3-1-4-10-15)17-13-7-8-14-20-17/h15-17,20H,1-14H2,(H,22,23)/b21-18-. The minimum Gasteiger partial charge on any atom is -0.309 e. The predicted octanol–water partition coefficient (Wildman–Crippen LogP) is 3.76. The zero-order valence-electron chi connectivity index (χ0n) is 14.5. The average Bonchev–Trinajstić information content (AvgIpc) is 2.64. The first-order valence-electron chi connectivity index (χ1n) is 9.95. The fraction of sp³-hybridized carbons (Fsp3) is 0.895. The van der Waals surface area contributed by atoms with Gasteiger partial charge >= 0.3 is 0 Å². The van der Waals surface area contributed by atoms with Crippen LogP contribution in [0, 0.1) is 11.8 Å². The molecular formula is C19H33N3O. The molecule has 3 aliphatic rings. The van der Waals surface area contributed by atoms with Crippen molar-refractivity contribution in [3.8, 4) is 0 Å². The molecule has 0 aromatic heterocycles. The quantitative estimate of drug-likeness (QED) is 0.612. The highest BCUT2D eigenvalue weighted by Crippen LogP contribution is 2.28. The third-order valence-corrected chi connectivity index (χ3v) is 5.96. The number of nitrogens with one attached hydrogen (secondary N) is 2. The minimum atomic E-state index is 0.161. The lowest BCUT2D eigenvalue weighted by molar-refractivity contribution is -0.125. The van der Waals surface area contributed by atoms with Crippen LogP contribution in [0.3, 0.4) is 0 Å². The van der Waals surface area contributed by atoms with Gasteiger partial charge in [-0.15, -0.1) is 0 Å². The third kappa shape index (κ3) is 4.79. The molecule has 0 aromatic rings. The number of rotatable bonds is 4. The smallest absolute Gasteiger partial charge is 0.243 e. The van der Waals surface area contributed by atoms with Gasteiger partial charge in [0.1, 0.15) is 0 Å². The Morgan fingerprint density at radius 1 is 0.783 bits per heavy atom. The lowest BCUT2D eigenvalue weighted by Gasteiger charge is -2.32. The maximum Gasteiger partial charge on any atom is 0.243 e. The molecule has 0 aromatic carbocycles. The van der Waals surface area contributed by atoms with Crippen LogP contribution in [0.2, 0.25) is 0 Å². The van der Waals surface area contributed by atoms with Crippen LogP contribution in [-0.4, -0.2) is 24.2 Å². The highest BCUT2D eigenvalue weighted by atomic mass is 16.2. The monoisotopic (exact) mass is 319 g/mol. The van der Waals surface area contributed by atoms with Crippen molar-refractivity contribution >= 4 is 11.6 Å².